The molecular formula is C12H12INS. The molecule has 1 unspecified atom stereocenters. The Labute approximate surface area is 108 Å². The second kappa shape index (κ2) is 4.99. The molecule has 0 bridgehead atoms. The molecule has 1 nitrogen and oxygen atoms in total. The van der Waals surface area contributed by atoms with Crippen molar-refractivity contribution in [1.82, 2.24) is 0 Å². The number of rotatable bonds is 3. The summed E-state index contributed by atoms with van der Waals surface area (Å²) in [4.78, 5) is 1.37. The van der Waals surface area contributed by atoms with Gasteiger partial charge in [0.1, 0.15) is 0 Å². The molecule has 3 heteroatoms. The van der Waals surface area contributed by atoms with E-state index in [0.29, 0.717) is 6.04 Å². The first-order chi connectivity index (χ1) is 7.27. The van der Waals surface area contributed by atoms with Gasteiger partial charge in [-0.3, -0.25) is 0 Å². The molecule has 1 aromatic carbocycles. The Morgan fingerprint density at radius 1 is 1.20 bits per heavy atom. The molecule has 0 radical (unpaired) electrons. The summed E-state index contributed by atoms with van der Waals surface area (Å²) in [5.41, 5.74) is 1.21. The predicted molar refractivity (Wildman–Crippen MR) is 75.5 cm³/mol. The molecule has 1 N–H and O–H groups in total. The molecule has 1 aromatic heterocycles. The molecule has 0 fully saturated rings. The minimum absolute atomic E-state index is 0.376. The van der Waals surface area contributed by atoms with Gasteiger partial charge in [-0.05, 0) is 53.1 Å². The highest BCUT2D eigenvalue weighted by molar-refractivity contribution is 14.1. The third-order valence-electron chi connectivity index (χ3n) is 2.22. The van der Waals surface area contributed by atoms with Crippen molar-refractivity contribution in [3.63, 3.8) is 0 Å². The van der Waals surface area contributed by atoms with Crippen molar-refractivity contribution >= 4 is 39.6 Å². The highest BCUT2D eigenvalue weighted by Gasteiger charge is 2.07. The Morgan fingerprint density at radius 3 is 2.67 bits per heavy atom. The molecule has 2 aromatic rings. The summed E-state index contributed by atoms with van der Waals surface area (Å²) in [6.07, 6.45) is 0. The van der Waals surface area contributed by atoms with Crippen LogP contribution >= 0.6 is 33.9 Å². The van der Waals surface area contributed by atoms with Gasteiger partial charge < -0.3 is 5.32 Å². The Morgan fingerprint density at radius 2 is 2.00 bits per heavy atom. The average Bonchev–Trinajstić information content (AvgIpc) is 2.74. The molecule has 0 aliphatic rings. The minimum atomic E-state index is 0.376. The van der Waals surface area contributed by atoms with Crippen LogP contribution in [0.25, 0.3) is 0 Å². The van der Waals surface area contributed by atoms with Crippen LogP contribution in [0.4, 0.5) is 5.69 Å². The zero-order valence-electron chi connectivity index (χ0n) is 8.41. The van der Waals surface area contributed by atoms with Crippen LogP contribution in [-0.4, -0.2) is 0 Å². The standard InChI is InChI=1S/C12H12INS/c1-9(12-7-4-8-15-12)14-11-6-3-2-5-10(11)13/h2-9,14H,1H3. The van der Waals surface area contributed by atoms with Crippen LogP contribution in [0.3, 0.4) is 0 Å². The molecule has 15 heavy (non-hydrogen) atoms. The molecular weight excluding hydrogens is 317 g/mol. The highest BCUT2D eigenvalue weighted by Crippen LogP contribution is 2.25. The topological polar surface area (TPSA) is 12.0 Å². The summed E-state index contributed by atoms with van der Waals surface area (Å²) in [6.45, 7) is 2.19. The lowest BCUT2D eigenvalue weighted by Gasteiger charge is -2.14. The Bertz CT molecular complexity index is 425. The summed E-state index contributed by atoms with van der Waals surface area (Å²) >= 11 is 4.14. The Hall–Kier alpha value is -0.550. The van der Waals surface area contributed by atoms with Gasteiger partial charge in [-0.25, -0.2) is 0 Å². The second-order valence-electron chi connectivity index (χ2n) is 3.36. The maximum absolute atomic E-state index is 3.52. The lowest BCUT2D eigenvalue weighted by Crippen LogP contribution is -2.05. The largest absolute Gasteiger partial charge is 0.377 e. The SMILES string of the molecule is CC(Nc1ccccc1I)c1cccs1. The number of hydrogen-bond acceptors (Lipinski definition) is 2. The van der Waals surface area contributed by atoms with Gasteiger partial charge in [-0.1, -0.05) is 18.2 Å². The fraction of sp³-hybridized carbons (Fsp3) is 0.167. The van der Waals surface area contributed by atoms with E-state index in [1.807, 2.05) is 0 Å². The minimum Gasteiger partial charge on any atom is -0.377 e. The van der Waals surface area contributed by atoms with Crippen LogP contribution in [-0.2, 0) is 0 Å². The van der Waals surface area contributed by atoms with Crippen LogP contribution in [0, 0.1) is 3.57 Å². The van der Waals surface area contributed by atoms with Gasteiger partial charge in [0.2, 0.25) is 0 Å². The summed E-state index contributed by atoms with van der Waals surface area (Å²) in [7, 11) is 0. The predicted octanol–water partition coefficient (Wildman–Crippen LogP) is 4.53. The molecule has 2 rings (SSSR count). The van der Waals surface area contributed by atoms with Gasteiger partial charge in [0, 0.05) is 14.1 Å². The number of benzene rings is 1. The van der Waals surface area contributed by atoms with Crippen LogP contribution in [0.15, 0.2) is 41.8 Å². The molecule has 1 heterocycles. The monoisotopic (exact) mass is 329 g/mol. The maximum atomic E-state index is 3.52. The van der Waals surface area contributed by atoms with Crippen molar-refractivity contribution in [2.24, 2.45) is 0 Å². The third kappa shape index (κ3) is 2.72. The summed E-state index contributed by atoms with van der Waals surface area (Å²) < 4.78 is 1.26. The summed E-state index contributed by atoms with van der Waals surface area (Å²) in [5, 5.41) is 5.63. The van der Waals surface area contributed by atoms with E-state index in [2.05, 4.69) is 76.6 Å². The second-order valence-corrected chi connectivity index (χ2v) is 5.50. The van der Waals surface area contributed by atoms with E-state index in [4.69, 9.17) is 0 Å². The van der Waals surface area contributed by atoms with E-state index in [0.717, 1.165) is 0 Å². The van der Waals surface area contributed by atoms with Crippen molar-refractivity contribution in [3.05, 3.63) is 50.2 Å². The number of nitrogens with one attached hydrogen (secondary N) is 1. The van der Waals surface area contributed by atoms with Crippen molar-refractivity contribution in [3.8, 4) is 0 Å². The van der Waals surface area contributed by atoms with Crippen molar-refractivity contribution in [2.75, 3.05) is 5.32 Å². The average molecular weight is 329 g/mol. The first-order valence-corrected chi connectivity index (χ1v) is 6.77. The van der Waals surface area contributed by atoms with Gasteiger partial charge >= 0.3 is 0 Å². The van der Waals surface area contributed by atoms with E-state index >= 15 is 0 Å². The van der Waals surface area contributed by atoms with Crippen LogP contribution in [0.1, 0.15) is 17.8 Å². The van der Waals surface area contributed by atoms with Gasteiger partial charge in [-0.15, -0.1) is 11.3 Å². The van der Waals surface area contributed by atoms with Crippen molar-refractivity contribution in [2.45, 2.75) is 13.0 Å². The fourth-order valence-corrected chi connectivity index (χ4v) is 2.70. The number of halogens is 1. The molecule has 0 amide bonds. The molecule has 1 atom stereocenters. The Kier molecular flexibility index (Phi) is 3.64. The number of hydrogen-bond donors (Lipinski definition) is 1. The molecule has 78 valence electrons. The number of para-hydroxylation sites is 1. The third-order valence-corrected chi connectivity index (χ3v) is 4.21. The highest BCUT2D eigenvalue weighted by atomic mass is 127. The lowest BCUT2D eigenvalue weighted by atomic mass is 10.2. The first-order valence-electron chi connectivity index (χ1n) is 4.82. The molecule has 0 saturated carbocycles. The van der Waals surface area contributed by atoms with Crippen molar-refractivity contribution in [1.29, 1.82) is 0 Å². The molecule has 0 aliphatic carbocycles. The summed E-state index contributed by atoms with van der Waals surface area (Å²) in [6, 6.07) is 13.0. The van der Waals surface area contributed by atoms with E-state index < -0.39 is 0 Å². The van der Waals surface area contributed by atoms with E-state index in [1.165, 1.54) is 14.1 Å². The van der Waals surface area contributed by atoms with Gasteiger partial charge in [0.25, 0.3) is 0 Å². The molecule has 0 aliphatic heterocycles. The molecule has 0 saturated heterocycles. The smallest absolute Gasteiger partial charge is 0.0578 e. The maximum Gasteiger partial charge on any atom is 0.0578 e. The zero-order chi connectivity index (χ0) is 10.7. The van der Waals surface area contributed by atoms with E-state index in [9.17, 15) is 0 Å². The zero-order valence-corrected chi connectivity index (χ0v) is 11.4. The molecule has 0 spiro atoms. The van der Waals surface area contributed by atoms with E-state index in [-0.39, 0.29) is 0 Å². The van der Waals surface area contributed by atoms with Crippen LogP contribution < -0.4 is 5.32 Å². The van der Waals surface area contributed by atoms with Crippen LogP contribution in [0.5, 0.6) is 0 Å². The van der Waals surface area contributed by atoms with Gasteiger partial charge in [0.05, 0.1) is 6.04 Å². The quantitative estimate of drug-likeness (QED) is 0.816. The van der Waals surface area contributed by atoms with Crippen LogP contribution in [0.2, 0.25) is 0 Å². The van der Waals surface area contributed by atoms with E-state index in [1.54, 1.807) is 11.3 Å². The van der Waals surface area contributed by atoms with Gasteiger partial charge in [-0.2, -0.15) is 0 Å². The lowest BCUT2D eigenvalue weighted by molar-refractivity contribution is 0.907. The first kappa shape index (κ1) is 11.0. The van der Waals surface area contributed by atoms with Crippen molar-refractivity contribution < 1.29 is 0 Å². The Balaban J connectivity index is 2.13. The normalized spacial score (nSPS) is 12.4. The number of thiophene rings is 1. The summed E-state index contributed by atoms with van der Waals surface area (Å²) in [5.74, 6) is 0. The number of anilines is 1. The van der Waals surface area contributed by atoms with Gasteiger partial charge in [0.15, 0.2) is 0 Å². The fourth-order valence-electron chi connectivity index (χ4n) is 1.42.